The molecule has 0 radical (unpaired) electrons. The molecule has 0 fully saturated rings. The summed E-state index contributed by atoms with van der Waals surface area (Å²) in [5.74, 6) is 0. The lowest BCUT2D eigenvalue weighted by Gasteiger charge is -2.13. The van der Waals surface area contributed by atoms with Crippen molar-refractivity contribution in [1.29, 1.82) is 0 Å². The Labute approximate surface area is 78.8 Å². The van der Waals surface area contributed by atoms with Crippen LogP contribution in [0.15, 0.2) is 18.2 Å². The molecule has 1 unspecified atom stereocenters. The predicted octanol–water partition coefficient (Wildman–Crippen LogP) is 1.72. The lowest BCUT2D eigenvalue weighted by atomic mass is 9.98. The Hall–Kier alpha value is -0.860. The molecule has 0 aromatic heterocycles. The fourth-order valence-electron chi connectivity index (χ4n) is 1.41. The maximum Gasteiger partial charge on any atom is 0.0814 e. The monoisotopic (exact) mass is 180 g/mol. The first-order chi connectivity index (χ1) is 6.16. The zero-order valence-electron chi connectivity index (χ0n) is 8.12. The highest BCUT2D eigenvalue weighted by Gasteiger charge is 2.09. The van der Waals surface area contributed by atoms with Crippen LogP contribution in [0.4, 0.5) is 0 Å². The van der Waals surface area contributed by atoms with Gasteiger partial charge in [0.25, 0.3) is 0 Å². The van der Waals surface area contributed by atoms with Crippen molar-refractivity contribution >= 4 is 0 Å². The summed E-state index contributed by atoms with van der Waals surface area (Å²) in [5.41, 5.74) is 3.21. The Bertz CT molecular complexity index is 281. The summed E-state index contributed by atoms with van der Waals surface area (Å²) < 4.78 is 0. The number of aliphatic hydroxyl groups excluding tert-OH is 2. The van der Waals surface area contributed by atoms with Crippen LogP contribution in [0.2, 0.25) is 0 Å². The maximum absolute atomic E-state index is 9.67. The topological polar surface area (TPSA) is 40.5 Å². The SMILES string of the molecule is Cc1cccc(C(O)CCO)c1C. The largest absolute Gasteiger partial charge is 0.396 e. The van der Waals surface area contributed by atoms with E-state index in [1.165, 1.54) is 5.56 Å². The van der Waals surface area contributed by atoms with E-state index in [1.54, 1.807) is 0 Å². The highest BCUT2D eigenvalue weighted by Crippen LogP contribution is 2.22. The van der Waals surface area contributed by atoms with Gasteiger partial charge in [-0.05, 0) is 30.5 Å². The van der Waals surface area contributed by atoms with Crippen molar-refractivity contribution < 1.29 is 10.2 Å². The average molecular weight is 180 g/mol. The van der Waals surface area contributed by atoms with Gasteiger partial charge in [-0.2, -0.15) is 0 Å². The highest BCUT2D eigenvalue weighted by atomic mass is 16.3. The minimum absolute atomic E-state index is 0.0224. The lowest BCUT2D eigenvalue weighted by Crippen LogP contribution is -2.03. The second-order valence-corrected chi connectivity index (χ2v) is 3.32. The summed E-state index contributed by atoms with van der Waals surface area (Å²) in [6, 6.07) is 5.85. The molecule has 72 valence electrons. The third-order valence-corrected chi connectivity index (χ3v) is 2.41. The highest BCUT2D eigenvalue weighted by molar-refractivity contribution is 5.34. The molecular weight excluding hydrogens is 164 g/mol. The van der Waals surface area contributed by atoms with E-state index in [0.29, 0.717) is 6.42 Å². The summed E-state index contributed by atoms with van der Waals surface area (Å²) in [7, 11) is 0. The van der Waals surface area contributed by atoms with Crippen molar-refractivity contribution in [1.82, 2.24) is 0 Å². The number of hydrogen-bond acceptors (Lipinski definition) is 2. The van der Waals surface area contributed by atoms with Gasteiger partial charge in [-0.1, -0.05) is 18.2 Å². The molecular formula is C11H16O2. The van der Waals surface area contributed by atoms with Gasteiger partial charge in [0.15, 0.2) is 0 Å². The Kier molecular flexibility index (Phi) is 3.46. The standard InChI is InChI=1S/C11H16O2/c1-8-4-3-5-10(9(8)2)11(13)6-7-12/h3-5,11-13H,6-7H2,1-2H3. The normalized spacial score (nSPS) is 12.9. The summed E-state index contributed by atoms with van der Waals surface area (Å²) in [4.78, 5) is 0. The number of rotatable bonds is 3. The molecule has 0 saturated carbocycles. The Morgan fingerprint density at radius 2 is 2.00 bits per heavy atom. The van der Waals surface area contributed by atoms with Crippen molar-refractivity contribution in [3.63, 3.8) is 0 Å². The fraction of sp³-hybridized carbons (Fsp3) is 0.455. The molecule has 0 heterocycles. The molecule has 1 aromatic carbocycles. The molecule has 2 nitrogen and oxygen atoms in total. The molecule has 13 heavy (non-hydrogen) atoms. The molecule has 0 amide bonds. The Morgan fingerprint density at radius 1 is 1.31 bits per heavy atom. The van der Waals surface area contributed by atoms with Gasteiger partial charge in [-0.25, -0.2) is 0 Å². The number of aliphatic hydroxyl groups is 2. The van der Waals surface area contributed by atoms with E-state index >= 15 is 0 Å². The summed E-state index contributed by atoms with van der Waals surface area (Å²) in [5, 5.41) is 18.4. The van der Waals surface area contributed by atoms with Gasteiger partial charge in [0.1, 0.15) is 0 Å². The molecule has 0 bridgehead atoms. The van der Waals surface area contributed by atoms with Crippen molar-refractivity contribution in [2.75, 3.05) is 6.61 Å². The minimum atomic E-state index is -0.537. The zero-order chi connectivity index (χ0) is 9.84. The van der Waals surface area contributed by atoms with Crippen LogP contribution in [0.25, 0.3) is 0 Å². The van der Waals surface area contributed by atoms with E-state index in [0.717, 1.165) is 11.1 Å². The number of hydrogen-bond donors (Lipinski definition) is 2. The van der Waals surface area contributed by atoms with Crippen molar-refractivity contribution in [2.45, 2.75) is 26.4 Å². The van der Waals surface area contributed by atoms with Gasteiger partial charge in [0, 0.05) is 13.0 Å². The molecule has 1 aromatic rings. The molecule has 0 aliphatic heterocycles. The van der Waals surface area contributed by atoms with Crippen molar-refractivity contribution in [3.8, 4) is 0 Å². The van der Waals surface area contributed by atoms with Gasteiger partial charge in [-0.15, -0.1) is 0 Å². The van der Waals surface area contributed by atoms with Crippen LogP contribution in [0.1, 0.15) is 29.2 Å². The van der Waals surface area contributed by atoms with E-state index in [-0.39, 0.29) is 6.61 Å². The molecule has 0 aliphatic rings. The quantitative estimate of drug-likeness (QED) is 0.743. The van der Waals surface area contributed by atoms with Gasteiger partial charge in [0.05, 0.1) is 6.10 Å². The van der Waals surface area contributed by atoms with E-state index in [4.69, 9.17) is 5.11 Å². The predicted molar refractivity (Wildman–Crippen MR) is 52.6 cm³/mol. The Morgan fingerprint density at radius 3 is 2.62 bits per heavy atom. The van der Waals surface area contributed by atoms with Crippen LogP contribution in [0, 0.1) is 13.8 Å². The van der Waals surface area contributed by atoms with Crippen LogP contribution in [0.5, 0.6) is 0 Å². The molecule has 1 rings (SSSR count). The zero-order valence-corrected chi connectivity index (χ0v) is 8.12. The van der Waals surface area contributed by atoms with Crippen LogP contribution in [-0.4, -0.2) is 16.8 Å². The molecule has 2 heteroatoms. The van der Waals surface area contributed by atoms with Crippen LogP contribution in [0.3, 0.4) is 0 Å². The molecule has 0 saturated heterocycles. The maximum atomic E-state index is 9.67. The van der Waals surface area contributed by atoms with Crippen molar-refractivity contribution in [2.24, 2.45) is 0 Å². The molecule has 0 aliphatic carbocycles. The van der Waals surface area contributed by atoms with Crippen molar-refractivity contribution in [3.05, 3.63) is 34.9 Å². The lowest BCUT2D eigenvalue weighted by molar-refractivity contribution is 0.134. The smallest absolute Gasteiger partial charge is 0.0814 e. The van der Waals surface area contributed by atoms with E-state index < -0.39 is 6.10 Å². The van der Waals surface area contributed by atoms with Gasteiger partial charge in [0.2, 0.25) is 0 Å². The van der Waals surface area contributed by atoms with Crippen LogP contribution < -0.4 is 0 Å². The summed E-state index contributed by atoms with van der Waals surface area (Å²) in [6.07, 6.45) is -0.130. The van der Waals surface area contributed by atoms with E-state index in [1.807, 2.05) is 32.0 Å². The van der Waals surface area contributed by atoms with E-state index in [9.17, 15) is 5.11 Å². The van der Waals surface area contributed by atoms with Crippen LogP contribution >= 0.6 is 0 Å². The molecule has 2 N–H and O–H groups in total. The first-order valence-electron chi connectivity index (χ1n) is 4.52. The third-order valence-electron chi connectivity index (χ3n) is 2.41. The average Bonchev–Trinajstić information content (AvgIpc) is 2.10. The Balaban J connectivity index is 2.93. The summed E-state index contributed by atoms with van der Waals surface area (Å²) in [6.45, 7) is 4.03. The first-order valence-corrected chi connectivity index (χ1v) is 4.52. The molecule has 1 atom stereocenters. The van der Waals surface area contributed by atoms with Gasteiger partial charge < -0.3 is 10.2 Å². The third kappa shape index (κ3) is 2.29. The minimum Gasteiger partial charge on any atom is -0.396 e. The first kappa shape index (κ1) is 10.2. The van der Waals surface area contributed by atoms with Gasteiger partial charge in [-0.3, -0.25) is 0 Å². The second-order valence-electron chi connectivity index (χ2n) is 3.32. The van der Waals surface area contributed by atoms with Gasteiger partial charge >= 0.3 is 0 Å². The van der Waals surface area contributed by atoms with Crippen LogP contribution in [-0.2, 0) is 0 Å². The second kappa shape index (κ2) is 4.40. The summed E-state index contributed by atoms with van der Waals surface area (Å²) >= 11 is 0. The molecule has 0 spiro atoms. The number of benzene rings is 1. The van der Waals surface area contributed by atoms with E-state index in [2.05, 4.69) is 0 Å². The number of aryl methyl sites for hydroxylation is 1. The fourth-order valence-corrected chi connectivity index (χ4v) is 1.41.